The van der Waals surface area contributed by atoms with E-state index >= 15 is 0 Å². The van der Waals surface area contributed by atoms with E-state index in [4.69, 9.17) is 17.3 Å². The molecule has 0 aromatic heterocycles. The highest BCUT2D eigenvalue weighted by Crippen LogP contribution is 2.21. The first-order chi connectivity index (χ1) is 8.35. The number of hydrogen-bond donors (Lipinski definition) is 1. The van der Waals surface area contributed by atoms with Gasteiger partial charge in [-0.15, -0.1) is 0 Å². The van der Waals surface area contributed by atoms with Gasteiger partial charge in [0.1, 0.15) is 0 Å². The summed E-state index contributed by atoms with van der Waals surface area (Å²) in [4.78, 5) is 11.0. The van der Waals surface area contributed by atoms with Gasteiger partial charge < -0.3 is 10.5 Å². The fraction of sp³-hybridized carbons (Fsp3) is 0.182. The zero-order valence-corrected chi connectivity index (χ0v) is 11.2. The molecule has 0 fully saturated rings. The maximum atomic E-state index is 11.8. The Morgan fingerprint density at radius 1 is 1.44 bits per heavy atom. The van der Waals surface area contributed by atoms with Gasteiger partial charge >= 0.3 is 5.97 Å². The van der Waals surface area contributed by atoms with Crippen molar-refractivity contribution in [3.8, 4) is 0 Å². The number of anilines is 1. The van der Waals surface area contributed by atoms with Crippen molar-refractivity contribution in [2.24, 2.45) is 0 Å². The molecule has 7 heteroatoms. The summed E-state index contributed by atoms with van der Waals surface area (Å²) in [6, 6.07) is 3.94. The third-order valence-electron chi connectivity index (χ3n) is 1.89. The first-order valence-corrected chi connectivity index (χ1v) is 6.93. The Balaban J connectivity index is 3.03. The molecule has 0 amide bonds. The Bertz CT molecular complexity index is 560. The van der Waals surface area contributed by atoms with Crippen molar-refractivity contribution in [2.75, 3.05) is 12.3 Å². The fourth-order valence-corrected chi connectivity index (χ4v) is 2.51. The number of benzene rings is 1. The molecule has 0 unspecified atom stereocenters. The molecule has 0 aliphatic carbocycles. The molecule has 0 radical (unpaired) electrons. The van der Waals surface area contributed by atoms with Crippen LogP contribution < -0.4 is 5.73 Å². The van der Waals surface area contributed by atoms with Crippen molar-refractivity contribution in [3.05, 3.63) is 34.7 Å². The zero-order valence-electron chi connectivity index (χ0n) is 9.59. The van der Waals surface area contributed by atoms with Crippen molar-refractivity contribution in [3.63, 3.8) is 0 Å². The summed E-state index contributed by atoms with van der Waals surface area (Å²) < 4.78 is 28.3. The quantitative estimate of drug-likeness (QED) is 0.518. The number of ether oxygens (including phenoxy) is 1. The summed E-state index contributed by atoms with van der Waals surface area (Å²) in [5, 5.41) is 0.967. The highest BCUT2D eigenvalue weighted by Gasteiger charge is 2.12. The number of sulfone groups is 1. The Hall–Kier alpha value is -1.53. The molecule has 1 aromatic carbocycles. The van der Waals surface area contributed by atoms with Crippen LogP contribution >= 0.6 is 11.6 Å². The monoisotopic (exact) mass is 289 g/mol. The van der Waals surface area contributed by atoms with Gasteiger partial charge in [-0.05, 0) is 25.1 Å². The molecule has 5 nitrogen and oxygen atoms in total. The molecule has 0 atom stereocenters. The number of nitrogens with two attached hydrogens (primary N) is 1. The fourth-order valence-electron chi connectivity index (χ4n) is 1.16. The van der Waals surface area contributed by atoms with Gasteiger partial charge in [-0.2, -0.15) is 0 Å². The standard InChI is InChI=1S/C11H12ClNO4S/c1-2-17-11(14)3-4-18(15,16)10-6-8(12)5-9(13)7-10/h3-7H,2,13H2,1H3/b4-3+. The lowest BCUT2D eigenvalue weighted by Gasteiger charge is -2.02. The molecule has 1 aromatic rings. The number of nitrogen functional groups attached to an aromatic ring is 1. The van der Waals surface area contributed by atoms with E-state index in [1.807, 2.05) is 0 Å². The molecule has 0 aliphatic heterocycles. The first-order valence-electron chi connectivity index (χ1n) is 5.01. The van der Waals surface area contributed by atoms with Crippen LogP contribution in [-0.4, -0.2) is 21.0 Å². The van der Waals surface area contributed by atoms with Gasteiger partial charge in [0.2, 0.25) is 0 Å². The van der Waals surface area contributed by atoms with Crippen molar-refractivity contribution in [1.82, 2.24) is 0 Å². The van der Waals surface area contributed by atoms with E-state index < -0.39 is 15.8 Å². The van der Waals surface area contributed by atoms with E-state index in [1.165, 1.54) is 18.2 Å². The summed E-state index contributed by atoms with van der Waals surface area (Å²) in [7, 11) is -3.76. The summed E-state index contributed by atoms with van der Waals surface area (Å²) in [5.41, 5.74) is 5.72. The Kier molecular flexibility index (Phi) is 4.75. The second-order valence-corrected chi connectivity index (χ2v) is 5.59. The van der Waals surface area contributed by atoms with E-state index in [0.717, 1.165) is 11.5 Å². The molecule has 18 heavy (non-hydrogen) atoms. The Morgan fingerprint density at radius 3 is 2.67 bits per heavy atom. The van der Waals surface area contributed by atoms with Crippen LogP contribution in [0.25, 0.3) is 0 Å². The van der Waals surface area contributed by atoms with Gasteiger partial charge in [-0.25, -0.2) is 13.2 Å². The lowest BCUT2D eigenvalue weighted by Crippen LogP contribution is -2.02. The predicted molar refractivity (Wildman–Crippen MR) is 68.8 cm³/mol. The molecule has 0 saturated carbocycles. The van der Waals surface area contributed by atoms with Crippen LogP contribution in [0.4, 0.5) is 5.69 Å². The van der Waals surface area contributed by atoms with Gasteiger partial charge in [-0.1, -0.05) is 11.6 Å². The number of rotatable bonds is 4. The average Bonchev–Trinajstić information content (AvgIpc) is 2.26. The summed E-state index contributed by atoms with van der Waals surface area (Å²) >= 11 is 5.71. The number of halogens is 1. The number of hydrogen-bond acceptors (Lipinski definition) is 5. The topological polar surface area (TPSA) is 86.5 Å². The molecule has 0 aliphatic rings. The van der Waals surface area contributed by atoms with E-state index in [2.05, 4.69) is 4.74 Å². The van der Waals surface area contributed by atoms with Crippen LogP contribution in [0.3, 0.4) is 0 Å². The van der Waals surface area contributed by atoms with Crippen LogP contribution in [0.5, 0.6) is 0 Å². The number of carbonyl (C=O) groups is 1. The van der Waals surface area contributed by atoms with Crippen molar-refractivity contribution in [2.45, 2.75) is 11.8 Å². The third-order valence-corrected chi connectivity index (χ3v) is 3.50. The minimum atomic E-state index is -3.76. The van der Waals surface area contributed by atoms with E-state index in [-0.39, 0.29) is 22.2 Å². The largest absolute Gasteiger partial charge is 0.463 e. The molecule has 0 bridgehead atoms. The van der Waals surface area contributed by atoms with Gasteiger partial charge in [0, 0.05) is 22.2 Å². The molecule has 2 N–H and O–H groups in total. The lowest BCUT2D eigenvalue weighted by atomic mass is 10.3. The first kappa shape index (κ1) is 14.5. The summed E-state index contributed by atoms with van der Waals surface area (Å²) in [6.45, 7) is 1.80. The van der Waals surface area contributed by atoms with E-state index in [9.17, 15) is 13.2 Å². The maximum Gasteiger partial charge on any atom is 0.331 e. The number of esters is 1. The second-order valence-electron chi connectivity index (χ2n) is 3.32. The average molecular weight is 290 g/mol. The van der Waals surface area contributed by atoms with Gasteiger partial charge in [-0.3, -0.25) is 0 Å². The highest BCUT2D eigenvalue weighted by atomic mass is 35.5. The summed E-state index contributed by atoms with van der Waals surface area (Å²) in [5.74, 6) is -0.726. The molecule has 0 saturated heterocycles. The van der Waals surface area contributed by atoms with Crippen molar-refractivity contribution >= 4 is 33.1 Å². The van der Waals surface area contributed by atoms with E-state index in [1.54, 1.807) is 6.92 Å². The minimum Gasteiger partial charge on any atom is -0.463 e. The van der Waals surface area contributed by atoms with Crippen LogP contribution in [0.1, 0.15) is 6.92 Å². The highest BCUT2D eigenvalue weighted by molar-refractivity contribution is 7.94. The minimum absolute atomic E-state index is 0.0759. The van der Waals surface area contributed by atoms with Crippen molar-refractivity contribution < 1.29 is 17.9 Å². The number of carbonyl (C=O) groups excluding carboxylic acids is 1. The van der Waals surface area contributed by atoms with E-state index in [0.29, 0.717) is 0 Å². The Labute approximate surface area is 110 Å². The van der Waals surface area contributed by atoms with Crippen LogP contribution in [0.2, 0.25) is 5.02 Å². The summed E-state index contributed by atoms with van der Waals surface area (Å²) in [6.07, 6.45) is 0.843. The SMILES string of the molecule is CCOC(=O)/C=C/S(=O)(=O)c1cc(N)cc(Cl)c1. The van der Waals surface area contributed by atoms with Crippen LogP contribution in [-0.2, 0) is 19.4 Å². The molecular weight excluding hydrogens is 278 g/mol. The van der Waals surface area contributed by atoms with Crippen LogP contribution in [0.15, 0.2) is 34.6 Å². The predicted octanol–water partition coefficient (Wildman–Crippen LogP) is 1.77. The molecular formula is C11H12ClNO4S. The maximum absolute atomic E-state index is 11.8. The lowest BCUT2D eigenvalue weighted by molar-refractivity contribution is -0.137. The zero-order chi connectivity index (χ0) is 13.8. The van der Waals surface area contributed by atoms with Crippen molar-refractivity contribution in [1.29, 1.82) is 0 Å². The van der Waals surface area contributed by atoms with Gasteiger partial charge in [0.05, 0.1) is 11.5 Å². The van der Waals surface area contributed by atoms with Gasteiger partial charge in [0.15, 0.2) is 9.84 Å². The molecule has 0 spiro atoms. The van der Waals surface area contributed by atoms with Gasteiger partial charge in [0.25, 0.3) is 0 Å². The molecule has 1 rings (SSSR count). The normalized spacial score (nSPS) is 11.7. The Morgan fingerprint density at radius 2 is 2.11 bits per heavy atom. The smallest absolute Gasteiger partial charge is 0.331 e. The second kappa shape index (κ2) is 5.88. The van der Waals surface area contributed by atoms with Crippen LogP contribution in [0, 0.1) is 0 Å². The molecule has 0 heterocycles. The molecule has 98 valence electrons. The third kappa shape index (κ3) is 4.05.